The zero-order valence-corrected chi connectivity index (χ0v) is 17.9. The van der Waals surface area contributed by atoms with Gasteiger partial charge in [-0.15, -0.1) is 0 Å². The van der Waals surface area contributed by atoms with Crippen LogP contribution in [0, 0.1) is 0 Å². The molecule has 2 amide bonds. The van der Waals surface area contributed by atoms with Crippen molar-refractivity contribution < 1.29 is 28.5 Å². The fourth-order valence-electron chi connectivity index (χ4n) is 4.39. The van der Waals surface area contributed by atoms with Crippen molar-refractivity contribution in [2.45, 2.75) is 31.6 Å². The minimum atomic E-state index is -0.670. The van der Waals surface area contributed by atoms with E-state index in [0.29, 0.717) is 42.3 Å². The van der Waals surface area contributed by atoms with E-state index in [1.54, 1.807) is 20.1 Å². The van der Waals surface area contributed by atoms with Crippen molar-refractivity contribution >= 4 is 12.0 Å². The lowest BCUT2D eigenvalue weighted by molar-refractivity contribution is -0.184. The van der Waals surface area contributed by atoms with Gasteiger partial charge in [0.1, 0.15) is 5.75 Å². The Hall–Kier alpha value is -2.62. The van der Waals surface area contributed by atoms with E-state index in [1.807, 2.05) is 18.2 Å². The number of methoxy groups -OCH3 is 1. The molecule has 1 aromatic rings. The third-order valence-electron chi connectivity index (χ3n) is 5.91. The average Bonchev–Trinajstić information content (AvgIpc) is 3.23. The minimum Gasteiger partial charge on any atom is -0.496 e. The molecule has 2 N–H and O–H groups in total. The Labute approximate surface area is 181 Å². The van der Waals surface area contributed by atoms with E-state index >= 15 is 0 Å². The van der Waals surface area contributed by atoms with Gasteiger partial charge in [0.15, 0.2) is 5.79 Å². The highest BCUT2D eigenvalue weighted by atomic mass is 16.7. The van der Waals surface area contributed by atoms with E-state index < -0.39 is 17.8 Å². The maximum absolute atomic E-state index is 13.0. The summed E-state index contributed by atoms with van der Waals surface area (Å²) in [6.07, 6.45) is 1.49. The highest BCUT2D eigenvalue weighted by Gasteiger charge is 2.41. The van der Waals surface area contributed by atoms with Crippen molar-refractivity contribution in [2.75, 3.05) is 46.6 Å². The number of urea groups is 1. The van der Waals surface area contributed by atoms with Crippen LogP contribution in [0.25, 0.3) is 0 Å². The molecule has 1 spiro atoms. The number of benzene rings is 1. The molecule has 0 bridgehead atoms. The number of ether oxygens (including phenoxy) is 4. The van der Waals surface area contributed by atoms with E-state index in [4.69, 9.17) is 18.9 Å². The van der Waals surface area contributed by atoms with Crippen LogP contribution in [0.4, 0.5) is 4.79 Å². The predicted octanol–water partition coefficient (Wildman–Crippen LogP) is 1.71. The van der Waals surface area contributed by atoms with Gasteiger partial charge in [-0.25, -0.2) is 9.59 Å². The van der Waals surface area contributed by atoms with Crippen molar-refractivity contribution in [3.05, 3.63) is 41.1 Å². The van der Waals surface area contributed by atoms with Crippen LogP contribution in [-0.4, -0.2) is 69.3 Å². The van der Waals surface area contributed by atoms with Crippen LogP contribution in [-0.2, 0) is 19.0 Å². The van der Waals surface area contributed by atoms with Crippen molar-refractivity contribution in [1.29, 1.82) is 0 Å². The van der Waals surface area contributed by atoms with Gasteiger partial charge in [-0.2, -0.15) is 0 Å². The van der Waals surface area contributed by atoms with Gasteiger partial charge in [-0.3, -0.25) is 4.90 Å². The van der Waals surface area contributed by atoms with Crippen molar-refractivity contribution in [2.24, 2.45) is 0 Å². The molecule has 3 aliphatic heterocycles. The normalized spacial score (nSPS) is 23.4. The molecule has 0 aliphatic carbocycles. The summed E-state index contributed by atoms with van der Waals surface area (Å²) in [5, 5.41) is 5.69. The molecular weight excluding hydrogens is 402 g/mol. The molecular formula is C22H29N3O6. The van der Waals surface area contributed by atoms with Crippen molar-refractivity contribution in [3.8, 4) is 5.75 Å². The summed E-state index contributed by atoms with van der Waals surface area (Å²) in [6, 6.07) is 6.30. The highest BCUT2D eigenvalue weighted by molar-refractivity contribution is 5.95. The Morgan fingerprint density at radius 1 is 1.23 bits per heavy atom. The van der Waals surface area contributed by atoms with Gasteiger partial charge in [-0.05, 0) is 13.0 Å². The SMILES string of the molecule is CCOC(=O)C1=C(CN2CCC3(CC2)OCCO3)NC(=O)N[C@H]1c1ccccc1OC. The summed E-state index contributed by atoms with van der Waals surface area (Å²) >= 11 is 0. The number of amides is 2. The van der Waals surface area contributed by atoms with E-state index in [-0.39, 0.29) is 12.6 Å². The Morgan fingerprint density at radius 3 is 2.61 bits per heavy atom. The first-order valence-electron chi connectivity index (χ1n) is 10.7. The van der Waals surface area contributed by atoms with Crippen molar-refractivity contribution in [1.82, 2.24) is 15.5 Å². The summed E-state index contributed by atoms with van der Waals surface area (Å²) in [6.45, 7) is 5.15. The topological polar surface area (TPSA) is 98.4 Å². The second-order valence-electron chi connectivity index (χ2n) is 7.77. The molecule has 1 aromatic carbocycles. The molecule has 9 nitrogen and oxygen atoms in total. The molecule has 3 aliphatic rings. The predicted molar refractivity (Wildman–Crippen MR) is 111 cm³/mol. The molecule has 0 saturated carbocycles. The molecule has 0 aromatic heterocycles. The molecule has 168 valence electrons. The van der Waals surface area contributed by atoms with Crippen molar-refractivity contribution in [3.63, 3.8) is 0 Å². The van der Waals surface area contributed by atoms with E-state index in [0.717, 1.165) is 25.9 Å². The van der Waals surface area contributed by atoms with Gasteiger partial charge in [0, 0.05) is 43.7 Å². The maximum atomic E-state index is 13.0. The van der Waals surface area contributed by atoms with E-state index in [9.17, 15) is 9.59 Å². The van der Waals surface area contributed by atoms with Crippen LogP contribution in [0.15, 0.2) is 35.5 Å². The first-order chi connectivity index (χ1) is 15.0. The standard InChI is InChI=1S/C22H29N3O6/c1-3-29-20(26)18-16(14-25-10-8-22(9-11-25)30-12-13-31-22)23-21(27)24-19(18)15-6-4-5-7-17(15)28-2/h4-7,19H,3,8-14H2,1-2H3,(H2,23,24,27)/t19-/m0/s1. The highest BCUT2D eigenvalue weighted by Crippen LogP contribution is 2.35. The average molecular weight is 431 g/mol. The Balaban J connectivity index is 1.62. The third kappa shape index (κ3) is 4.53. The number of para-hydroxylation sites is 1. The summed E-state index contributed by atoms with van der Waals surface area (Å²) in [5.74, 6) is -0.352. The molecule has 2 fully saturated rings. The van der Waals surface area contributed by atoms with Crippen LogP contribution < -0.4 is 15.4 Å². The number of hydrogen-bond donors (Lipinski definition) is 2. The largest absolute Gasteiger partial charge is 0.496 e. The summed E-state index contributed by atoms with van der Waals surface area (Å²) < 4.78 is 22.4. The monoisotopic (exact) mass is 431 g/mol. The second-order valence-corrected chi connectivity index (χ2v) is 7.77. The lowest BCUT2D eigenvalue weighted by atomic mass is 9.93. The fraction of sp³-hybridized carbons (Fsp3) is 0.545. The van der Waals surface area contributed by atoms with Gasteiger partial charge >= 0.3 is 12.0 Å². The second kappa shape index (κ2) is 9.25. The molecule has 3 heterocycles. The molecule has 31 heavy (non-hydrogen) atoms. The van der Waals surface area contributed by atoms with Crippen LogP contribution in [0.2, 0.25) is 0 Å². The quantitative estimate of drug-likeness (QED) is 0.662. The molecule has 0 unspecified atom stereocenters. The number of nitrogens with zero attached hydrogens (tertiary/aromatic N) is 1. The lowest BCUT2D eigenvalue weighted by Crippen LogP contribution is -2.51. The number of likely N-dealkylation sites (tertiary alicyclic amines) is 1. The minimum absolute atomic E-state index is 0.239. The molecule has 9 heteroatoms. The number of hydrogen-bond acceptors (Lipinski definition) is 7. The zero-order valence-electron chi connectivity index (χ0n) is 17.9. The summed E-state index contributed by atoms with van der Waals surface area (Å²) in [5.41, 5.74) is 1.63. The van der Waals surface area contributed by atoms with Crippen LogP contribution >= 0.6 is 0 Å². The smallest absolute Gasteiger partial charge is 0.338 e. The fourth-order valence-corrected chi connectivity index (χ4v) is 4.39. The zero-order chi connectivity index (χ0) is 21.8. The number of carbonyl (C=O) groups is 2. The number of rotatable bonds is 6. The summed E-state index contributed by atoms with van der Waals surface area (Å²) in [4.78, 5) is 27.7. The Bertz CT molecular complexity index is 855. The molecule has 0 radical (unpaired) electrons. The van der Waals surface area contributed by atoms with Gasteiger partial charge < -0.3 is 29.6 Å². The third-order valence-corrected chi connectivity index (χ3v) is 5.91. The molecule has 2 saturated heterocycles. The molecule has 4 rings (SSSR count). The summed E-state index contributed by atoms with van der Waals surface area (Å²) in [7, 11) is 1.56. The number of nitrogens with one attached hydrogen (secondary N) is 2. The first kappa shape index (κ1) is 21.6. The number of carbonyl (C=O) groups excluding carboxylic acids is 2. The Morgan fingerprint density at radius 2 is 1.94 bits per heavy atom. The van der Waals surface area contributed by atoms with Gasteiger partial charge in [0.2, 0.25) is 0 Å². The maximum Gasteiger partial charge on any atom is 0.338 e. The van der Waals surface area contributed by atoms with Gasteiger partial charge in [0.05, 0.1) is 38.5 Å². The Kier molecular flexibility index (Phi) is 6.45. The lowest BCUT2D eigenvalue weighted by Gasteiger charge is -2.39. The van der Waals surface area contributed by atoms with Gasteiger partial charge in [-0.1, -0.05) is 18.2 Å². The van der Waals surface area contributed by atoms with E-state index in [1.165, 1.54) is 0 Å². The van der Waals surface area contributed by atoms with Crippen LogP contribution in [0.1, 0.15) is 31.4 Å². The number of piperidine rings is 1. The van der Waals surface area contributed by atoms with Crippen LogP contribution in [0.5, 0.6) is 5.75 Å². The van der Waals surface area contributed by atoms with E-state index in [2.05, 4.69) is 15.5 Å². The molecule has 1 atom stereocenters. The van der Waals surface area contributed by atoms with Crippen LogP contribution in [0.3, 0.4) is 0 Å². The van der Waals surface area contributed by atoms with Gasteiger partial charge in [0.25, 0.3) is 0 Å². The number of esters is 1. The first-order valence-corrected chi connectivity index (χ1v) is 10.7.